The first-order chi connectivity index (χ1) is 7.27. The summed E-state index contributed by atoms with van der Waals surface area (Å²) in [5.74, 6) is -0.952. The minimum Gasteiger partial charge on any atom is -0.550 e. The molecule has 3 nitrogen and oxygen atoms in total. The quantitative estimate of drug-likeness (QED) is 0.313. The molecule has 0 aromatic carbocycles. The molecule has 86 valence electrons. The highest BCUT2D eigenvalue weighted by Gasteiger charge is 1.90. The van der Waals surface area contributed by atoms with Gasteiger partial charge in [0.05, 0.1) is 0 Å². The van der Waals surface area contributed by atoms with Crippen molar-refractivity contribution in [1.82, 2.24) is 0 Å². The topological polar surface area (TPSA) is 57.2 Å². The van der Waals surface area contributed by atoms with Crippen molar-refractivity contribution in [1.29, 1.82) is 0 Å². The standard InChI is InChI=1S/C12H20O3/c13-11-9-7-5-3-1-2-4-6-8-10-12(14)15/h5,7,11H,1-4,6,8-10H2,(H,14,15)/p-1/b7-5+. The number of carbonyl (C=O) groups is 2. The molecule has 0 N–H and O–H groups in total. The first kappa shape index (κ1) is 13.9. The van der Waals surface area contributed by atoms with Crippen LogP contribution < -0.4 is 5.11 Å². The van der Waals surface area contributed by atoms with Crippen LogP contribution in [-0.2, 0) is 9.59 Å². The summed E-state index contributed by atoms with van der Waals surface area (Å²) in [7, 11) is 0. The van der Waals surface area contributed by atoms with Crippen LogP contribution in [0.4, 0.5) is 0 Å². The number of carbonyl (C=O) groups excluding carboxylic acids is 2. The maximum absolute atomic E-state index is 10.1. The lowest BCUT2D eigenvalue weighted by molar-refractivity contribution is -0.305. The third-order valence-corrected chi connectivity index (χ3v) is 2.15. The van der Waals surface area contributed by atoms with E-state index >= 15 is 0 Å². The zero-order valence-corrected chi connectivity index (χ0v) is 9.11. The summed E-state index contributed by atoms with van der Waals surface area (Å²) in [4.78, 5) is 20.0. The molecule has 0 heterocycles. The molecule has 0 fully saturated rings. The van der Waals surface area contributed by atoms with E-state index in [1.54, 1.807) is 0 Å². The van der Waals surface area contributed by atoms with Gasteiger partial charge in [-0.05, 0) is 25.7 Å². The summed E-state index contributed by atoms with van der Waals surface area (Å²) in [5.41, 5.74) is 0. The van der Waals surface area contributed by atoms with Crippen molar-refractivity contribution in [2.75, 3.05) is 0 Å². The lowest BCUT2D eigenvalue weighted by atomic mass is 10.1. The molecule has 0 aliphatic rings. The number of carboxylic acids is 1. The van der Waals surface area contributed by atoms with E-state index in [0.717, 1.165) is 44.8 Å². The van der Waals surface area contributed by atoms with Crippen molar-refractivity contribution in [2.45, 2.75) is 51.4 Å². The van der Waals surface area contributed by atoms with Gasteiger partial charge in [0, 0.05) is 12.4 Å². The maximum Gasteiger partial charge on any atom is 0.123 e. The van der Waals surface area contributed by atoms with Crippen LogP contribution in [0.3, 0.4) is 0 Å². The van der Waals surface area contributed by atoms with E-state index in [2.05, 4.69) is 0 Å². The van der Waals surface area contributed by atoms with E-state index in [9.17, 15) is 14.7 Å². The van der Waals surface area contributed by atoms with Crippen molar-refractivity contribution in [3.63, 3.8) is 0 Å². The molecule has 0 bridgehead atoms. The highest BCUT2D eigenvalue weighted by atomic mass is 16.4. The van der Waals surface area contributed by atoms with E-state index in [4.69, 9.17) is 0 Å². The molecule has 0 amide bonds. The zero-order valence-electron chi connectivity index (χ0n) is 9.11. The highest BCUT2D eigenvalue weighted by molar-refractivity contribution is 5.64. The Bertz CT molecular complexity index is 197. The number of hydrogen-bond donors (Lipinski definition) is 0. The Labute approximate surface area is 91.2 Å². The van der Waals surface area contributed by atoms with Gasteiger partial charge in [-0.2, -0.15) is 0 Å². The second-order valence-corrected chi connectivity index (χ2v) is 3.55. The molecular formula is C12H19O3-. The Balaban J connectivity index is 3.04. The van der Waals surface area contributed by atoms with Crippen LogP contribution in [0.2, 0.25) is 0 Å². The Hall–Kier alpha value is -1.12. The van der Waals surface area contributed by atoms with Crippen LogP contribution >= 0.6 is 0 Å². The highest BCUT2D eigenvalue weighted by Crippen LogP contribution is 2.07. The molecule has 0 aliphatic heterocycles. The van der Waals surface area contributed by atoms with Gasteiger partial charge in [0.15, 0.2) is 0 Å². The molecule has 0 saturated carbocycles. The molecule has 0 unspecified atom stereocenters. The maximum atomic E-state index is 10.1. The Morgan fingerprint density at radius 3 is 2.33 bits per heavy atom. The van der Waals surface area contributed by atoms with Crippen molar-refractivity contribution in [2.24, 2.45) is 0 Å². The summed E-state index contributed by atoms with van der Waals surface area (Å²) >= 11 is 0. The molecular weight excluding hydrogens is 192 g/mol. The number of hydrogen-bond acceptors (Lipinski definition) is 3. The van der Waals surface area contributed by atoms with E-state index in [-0.39, 0.29) is 6.42 Å². The van der Waals surface area contributed by atoms with E-state index in [0.29, 0.717) is 6.42 Å². The number of rotatable bonds is 10. The molecule has 15 heavy (non-hydrogen) atoms. The Morgan fingerprint density at radius 2 is 1.67 bits per heavy atom. The summed E-state index contributed by atoms with van der Waals surface area (Å²) in [6, 6.07) is 0. The van der Waals surface area contributed by atoms with E-state index in [1.807, 2.05) is 12.2 Å². The minimum absolute atomic E-state index is 0.180. The number of aliphatic carboxylic acids is 1. The van der Waals surface area contributed by atoms with Gasteiger partial charge in [-0.25, -0.2) is 0 Å². The van der Waals surface area contributed by atoms with Crippen LogP contribution in [0.15, 0.2) is 12.2 Å². The Morgan fingerprint density at radius 1 is 1.00 bits per heavy atom. The second-order valence-electron chi connectivity index (χ2n) is 3.55. The molecule has 0 atom stereocenters. The van der Waals surface area contributed by atoms with E-state index < -0.39 is 5.97 Å². The van der Waals surface area contributed by atoms with Crippen molar-refractivity contribution in [3.05, 3.63) is 12.2 Å². The number of carboxylic acid groups (broad SMARTS) is 1. The molecule has 0 spiro atoms. The van der Waals surface area contributed by atoms with Crippen LogP contribution in [0.1, 0.15) is 51.4 Å². The lowest BCUT2D eigenvalue weighted by Gasteiger charge is -2.01. The van der Waals surface area contributed by atoms with Gasteiger partial charge >= 0.3 is 0 Å². The van der Waals surface area contributed by atoms with Gasteiger partial charge in [0.2, 0.25) is 0 Å². The molecule has 0 radical (unpaired) electrons. The van der Waals surface area contributed by atoms with Crippen LogP contribution in [0.25, 0.3) is 0 Å². The number of unbranched alkanes of at least 4 members (excludes halogenated alkanes) is 5. The van der Waals surface area contributed by atoms with Crippen molar-refractivity contribution in [3.8, 4) is 0 Å². The second kappa shape index (κ2) is 11.0. The fraction of sp³-hybridized carbons (Fsp3) is 0.667. The number of allylic oxidation sites excluding steroid dienone is 2. The average Bonchev–Trinajstić information content (AvgIpc) is 2.20. The summed E-state index contributed by atoms with van der Waals surface area (Å²) < 4.78 is 0. The first-order valence-corrected chi connectivity index (χ1v) is 5.56. The molecule has 0 aliphatic carbocycles. The van der Waals surface area contributed by atoms with Crippen molar-refractivity contribution < 1.29 is 14.7 Å². The number of aldehydes is 1. The van der Waals surface area contributed by atoms with Gasteiger partial charge in [-0.3, -0.25) is 0 Å². The SMILES string of the molecule is O=CC/C=C/CCCCCCCC(=O)[O-]. The predicted octanol–water partition coefficient (Wildman–Crippen LogP) is 1.61. The predicted molar refractivity (Wildman–Crippen MR) is 57.1 cm³/mol. The van der Waals surface area contributed by atoms with Crippen LogP contribution in [0, 0.1) is 0 Å². The zero-order chi connectivity index (χ0) is 11.4. The fourth-order valence-corrected chi connectivity index (χ4v) is 1.33. The molecule has 0 aromatic rings. The third kappa shape index (κ3) is 12.9. The molecule has 3 heteroatoms. The van der Waals surface area contributed by atoms with Gasteiger partial charge in [0.25, 0.3) is 0 Å². The first-order valence-electron chi connectivity index (χ1n) is 5.56. The average molecular weight is 211 g/mol. The van der Waals surface area contributed by atoms with Crippen LogP contribution in [-0.4, -0.2) is 12.3 Å². The normalized spacial score (nSPS) is 10.7. The monoisotopic (exact) mass is 211 g/mol. The van der Waals surface area contributed by atoms with Crippen LogP contribution in [0.5, 0.6) is 0 Å². The Kier molecular flexibility index (Phi) is 10.1. The van der Waals surface area contributed by atoms with Gasteiger partial charge < -0.3 is 14.7 Å². The fourth-order valence-electron chi connectivity index (χ4n) is 1.33. The lowest BCUT2D eigenvalue weighted by Crippen LogP contribution is -2.21. The van der Waals surface area contributed by atoms with Gasteiger partial charge in [0.1, 0.15) is 6.29 Å². The largest absolute Gasteiger partial charge is 0.550 e. The van der Waals surface area contributed by atoms with Crippen molar-refractivity contribution >= 4 is 12.3 Å². The van der Waals surface area contributed by atoms with E-state index in [1.165, 1.54) is 0 Å². The molecule has 0 aromatic heterocycles. The summed E-state index contributed by atoms with van der Waals surface area (Å²) in [6.45, 7) is 0. The van der Waals surface area contributed by atoms with Gasteiger partial charge in [-0.1, -0.05) is 31.4 Å². The smallest absolute Gasteiger partial charge is 0.123 e. The molecule has 0 saturated heterocycles. The minimum atomic E-state index is -0.952. The summed E-state index contributed by atoms with van der Waals surface area (Å²) in [5, 5.41) is 10.1. The third-order valence-electron chi connectivity index (χ3n) is 2.15. The van der Waals surface area contributed by atoms with Gasteiger partial charge in [-0.15, -0.1) is 0 Å². The summed E-state index contributed by atoms with van der Waals surface area (Å²) in [6.07, 6.45) is 11.5. The molecule has 0 rings (SSSR count).